The van der Waals surface area contributed by atoms with Crippen molar-refractivity contribution in [1.29, 1.82) is 0 Å². The summed E-state index contributed by atoms with van der Waals surface area (Å²) in [7, 11) is 1.68. The molecule has 2 aromatic rings. The molecule has 20 heavy (non-hydrogen) atoms. The molecule has 108 valence electrons. The summed E-state index contributed by atoms with van der Waals surface area (Å²) < 4.78 is 10.7. The van der Waals surface area contributed by atoms with Crippen LogP contribution in [0.5, 0.6) is 10.9 Å². The lowest BCUT2D eigenvalue weighted by molar-refractivity contribution is 0.199. The van der Waals surface area contributed by atoms with E-state index in [0.29, 0.717) is 18.3 Å². The van der Waals surface area contributed by atoms with Gasteiger partial charge in [0.25, 0.3) is 5.19 Å². The second-order valence-electron chi connectivity index (χ2n) is 4.48. The molecule has 1 N–H and O–H groups in total. The number of aromatic nitrogens is 2. The molecule has 0 aliphatic carbocycles. The Morgan fingerprint density at radius 1 is 1.20 bits per heavy atom. The highest BCUT2D eigenvalue weighted by molar-refractivity contribution is 7.13. The molecule has 1 heterocycles. The number of rotatable bonds is 7. The van der Waals surface area contributed by atoms with Crippen LogP contribution in [0.25, 0.3) is 0 Å². The first-order valence-corrected chi connectivity index (χ1v) is 7.28. The van der Waals surface area contributed by atoms with E-state index in [9.17, 15) is 0 Å². The molecule has 0 aliphatic heterocycles. The summed E-state index contributed by atoms with van der Waals surface area (Å²) in [5, 5.41) is 12.8. The molecule has 0 unspecified atom stereocenters. The molecule has 1 aromatic carbocycles. The average Bonchev–Trinajstić information content (AvgIpc) is 2.87. The highest BCUT2D eigenvalue weighted by Gasteiger charge is 2.06. The van der Waals surface area contributed by atoms with Gasteiger partial charge < -0.3 is 14.8 Å². The van der Waals surface area contributed by atoms with Crippen LogP contribution in [0, 0.1) is 13.8 Å². The third kappa shape index (κ3) is 4.26. The molecule has 6 heteroatoms. The first-order chi connectivity index (χ1) is 9.69. The predicted octanol–water partition coefficient (Wildman–Crippen LogP) is 2.68. The summed E-state index contributed by atoms with van der Waals surface area (Å²) in [6.45, 7) is 6.30. The van der Waals surface area contributed by atoms with Crippen LogP contribution in [-0.2, 0) is 11.3 Å². The van der Waals surface area contributed by atoms with Gasteiger partial charge in [-0.3, -0.25) is 0 Å². The van der Waals surface area contributed by atoms with Crippen LogP contribution in [0.4, 0.5) is 0 Å². The van der Waals surface area contributed by atoms with Crippen molar-refractivity contribution < 1.29 is 9.47 Å². The van der Waals surface area contributed by atoms with E-state index >= 15 is 0 Å². The third-order valence-corrected chi connectivity index (χ3v) is 3.69. The molecule has 1 aromatic heterocycles. The molecule has 0 aliphatic rings. The molecule has 0 saturated carbocycles. The number of aryl methyl sites for hydroxylation is 2. The first kappa shape index (κ1) is 14.9. The van der Waals surface area contributed by atoms with Crippen LogP contribution < -0.4 is 10.1 Å². The van der Waals surface area contributed by atoms with Gasteiger partial charge >= 0.3 is 0 Å². The molecule has 0 atom stereocenters. The van der Waals surface area contributed by atoms with E-state index in [1.807, 2.05) is 18.2 Å². The number of nitrogens with zero attached hydrogens (tertiary/aromatic N) is 2. The number of methoxy groups -OCH3 is 1. The van der Waals surface area contributed by atoms with Gasteiger partial charge in [-0.25, -0.2) is 0 Å². The molecule has 0 bridgehead atoms. The van der Waals surface area contributed by atoms with Crippen molar-refractivity contribution in [2.45, 2.75) is 20.4 Å². The Morgan fingerprint density at radius 2 is 2.05 bits per heavy atom. The smallest absolute Gasteiger partial charge is 0.299 e. The SMILES string of the molecule is COCCNCc1nnc(Oc2ccc(C)c(C)c2)s1. The maximum absolute atomic E-state index is 5.71. The van der Waals surface area contributed by atoms with E-state index in [-0.39, 0.29) is 0 Å². The second-order valence-corrected chi connectivity index (χ2v) is 5.50. The molecule has 2 rings (SSSR count). The third-order valence-electron chi connectivity index (χ3n) is 2.89. The fraction of sp³-hybridized carbons (Fsp3) is 0.429. The van der Waals surface area contributed by atoms with Gasteiger partial charge in [0.2, 0.25) is 0 Å². The predicted molar refractivity (Wildman–Crippen MR) is 79.5 cm³/mol. The van der Waals surface area contributed by atoms with Crippen LogP contribution in [-0.4, -0.2) is 30.5 Å². The Hall–Kier alpha value is -1.50. The molecule has 0 spiro atoms. The monoisotopic (exact) mass is 293 g/mol. The van der Waals surface area contributed by atoms with Gasteiger partial charge in [-0.05, 0) is 37.1 Å². The minimum Gasteiger partial charge on any atom is -0.430 e. The van der Waals surface area contributed by atoms with Gasteiger partial charge in [0.15, 0.2) is 0 Å². The zero-order valence-corrected chi connectivity index (χ0v) is 12.8. The maximum atomic E-state index is 5.71. The molecule has 0 amide bonds. The van der Waals surface area contributed by atoms with Crippen molar-refractivity contribution in [3.05, 3.63) is 34.3 Å². The van der Waals surface area contributed by atoms with Crippen molar-refractivity contribution >= 4 is 11.3 Å². The Balaban J connectivity index is 1.90. The number of ether oxygens (including phenoxy) is 2. The van der Waals surface area contributed by atoms with Crippen LogP contribution in [0.15, 0.2) is 18.2 Å². The minimum atomic E-state index is 0.566. The van der Waals surface area contributed by atoms with Gasteiger partial charge in [0.1, 0.15) is 10.8 Å². The highest BCUT2D eigenvalue weighted by Crippen LogP contribution is 2.26. The molecular formula is C14H19N3O2S. The normalized spacial score (nSPS) is 10.8. The largest absolute Gasteiger partial charge is 0.430 e. The highest BCUT2D eigenvalue weighted by atomic mass is 32.1. The zero-order valence-electron chi connectivity index (χ0n) is 12.0. The summed E-state index contributed by atoms with van der Waals surface area (Å²) in [4.78, 5) is 0. The van der Waals surface area contributed by atoms with E-state index in [1.165, 1.54) is 22.5 Å². The van der Waals surface area contributed by atoms with Crippen LogP contribution in [0.2, 0.25) is 0 Å². The van der Waals surface area contributed by atoms with Gasteiger partial charge in [-0.2, -0.15) is 0 Å². The lowest BCUT2D eigenvalue weighted by Gasteiger charge is -2.04. The Kier molecular flexibility index (Phi) is 5.46. The van der Waals surface area contributed by atoms with Gasteiger partial charge in [0, 0.05) is 20.2 Å². The van der Waals surface area contributed by atoms with E-state index < -0.39 is 0 Å². The molecular weight excluding hydrogens is 274 g/mol. The summed E-state index contributed by atoms with van der Waals surface area (Å²) in [6.07, 6.45) is 0. The minimum absolute atomic E-state index is 0.566. The fourth-order valence-corrected chi connectivity index (χ4v) is 2.28. The van der Waals surface area contributed by atoms with E-state index in [1.54, 1.807) is 7.11 Å². The van der Waals surface area contributed by atoms with Gasteiger partial charge in [-0.1, -0.05) is 22.5 Å². The van der Waals surface area contributed by atoms with Crippen molar-refractivity contribution in [2.75, 3.05) is 20.3 Å². The van der Waals surface area contributed by atoms with Gasteiger partial charge in [0.05, 0.1) is 6.61 Å². The lowest BCUT2D eigenvalue weighted by Crippen LogP contribution is -2.18. The fourth-order valence-electron chi connectivity index (χ4n) is 1.60. The van der Waals surface area contributed by atoms with E-state index in [0.717, 1.165) is 17.3 Å². The average molecular weight is 293 g/mol. The van der Waals surface area contributed by atoms with Crippen LogP contribution in [0.1, 0.15) is 16.1 Å². The van der Waals surface area contributed by atoms with Crippen LogP contribution in [0.3, 0.4) is 0 Å². The quantitative estimate of drug-likeness (QED) is 0.795. The molecule has 0 saturated heterocycles. The summed E-state index contributed by atoms with van der Waals surface area (Å²) >= 11 is 1.45. The summed E-state index contributed by atoms with van der Waals surface area (Å²) in [5.74, 6) is 0.795. The Labute approximate surface area is 123 Å². The maximum Gasteiger partial charge on any atom is 0.299 e. The standard InChI is InChI=1S/C14H19N3O2S/c1-10-4-5-12(8-11(10)2)19-14-17-16-13(20-14)9-15-6-7-18-3/h4-5,8,15H,6-7,9H2,1-3H3. The van der Waals surface area contributed by atoms with Crippen molar-refractivity contribution in [1.82, 2.24) is 15.5 Å². The topological polar surface area (TPSA) is 56.3 Å². The van der Waals surface area contributed by atoms with Crippen LogP contribution >= 0.6 is 11.3 Å². The first-order valence-electron chi connectivity index (χ1n) is 6.46. The van der Waals surface area contributed by atoms with E-state index in [2.05, 4.69) is 29.4 Å². The van der Waals surface area contributed by atoms with Crippen molar-refractivity contribution in [2.24, 2.45) is 0 Å². The lowest BCUT2D eigenvalue weighted by atomic mass is 10.1. The van der Waals surface area contributed by atoms with Crippen molar-refractivity contribution in [3.8, 4) is 10.9 Å². The van der Waals surface area contributed by atoms with Crippen molar-refractivity contribution in [3.63, 3.8) is 0 Å². The van der Waals surface area contributed by atoms with E-state index in [4.69, 9.17) is 9.47 Å². The zero-order chi connectivity index (χ0) is 14.4. The molecule has 0 fully saturated rings. The summed E-state index contributed by atoms with van der Waals surface area (Å²) in [6, 6.07) is 5.99. The Bertz CT molecular complexity index is 557. The summed E-state index contributed by atoms with van der Waals surface area (Å²) in [5.41, 5.74) is 2.45. The number of nitrogens with one attached hydrogen (secondary N) is 1. The second kappa shape index (κ2) is 7.33. The number of hydrogen-bond donors (Lipinski definition) is 1. The molecule has 0 radical (unpaired) electrons. The number of benzene rings is 1. The van der Waals surface area contributed by atoms with Gasteiger partial charge in [-0.15, -0.1) is 5.10 Å². The molecule has 5 nitrogen and oxygen atoms in total. The number of hydrogen-bond acceptors (Lipinski definition) is 6. The Morgan fingerprint density at radius 3 is 2.80 bits per heavy atom.